The van der Waals surface area contributed by atoms with E-state index in [1.807, 2.05) is 18.2 Å². The zero-order chi connectivity index (χ0) is 14.7. The van der Waals surface area contributed by atoms with Crippen LogP contribution in [0.1, 0.15) is 22.3 Å². The van der Waals surface area contributed by atoms with E-state index < -0.39 is 0 Å². The summed E-state index contributed by atoms with van der Waals surface area (Å²) in [6, 6.07) is 5.66. The lowest BCUT2D eigenvalue weighted by Gasteiger charge is -2.24. The molecule has 114 valence electrons. The van der Waals surface area contributed by atoms with E-state index in [1.165, 1.54) is 0 Å². The first kappa shape index (κ1) is 14.4. The molecule has 1 saturated heterocycles. The zero-order valence-electron chi connectivity index (χ0n) is 12.1. The maximum Gasteiger partial charge on any atom is 0.253 e. The molecule has 5 nitrogen and oxygen atoms in total. The topological polar surface area (TPSA) is 59.0 Å². The Kier molecular flexibility index (Phi) is 4.41. The monoisotopic (exact) mass is 291 g/mol. The minimum Gasteiger partial charge on any atom is -0.493 e. The Bertz CT molecular complexity index is 517. The van der Waals surface area contributed by atoms with Gasteiger partial charge in [-0.15, -0.1) is 0 Å². The largest absolute Gasteiger partial charge is 0.493 e. The lowest BCUT2D eigenvalue weighted by Crippen LogP contribution is -2.36. The number of carbonyl (C=O) groups excluding carboxylic acids is 1. The molecule has 0 spiro atoms. The number of fused-ring (bicyclic) bond motifs is 1. The second-order valence-electron chi connectivity index (χ2n) is 5.65. The summed E-state index contributed by atoms with van der Waals surface area (Å²) in [4.78, 5) is 14.4. The predicted molar refractivity (Wildman–Crippen MR) is 77.6 cm³/mol. The van der Waals surface area contributed by atoms with E-state index in [2.05, 4.69) is 0 Å². The van der Waals surface area contributed by atoms with Crippen molar-refractivity contribution in [3.63, 3.8) is 0 Å². The molecule has 0 radical (unpaired) electrons. The molecular weight excluding hydrogens is 270 g/mol. The van der Waals surface area contributed by atoms with E-state index >= 15 is 0 Å². The maximum absolute atomic E-state index is 12.6. The molecule has 21 heavy (non-hydrogen) atoms. The molecule has 2 aliphatic heterocycles. The number of aliphatic hydroxyl groups excluding tert-OH is 1. The highest BCUT2D eigenvalue weighted by Crippen LogP contribution is 2.26. The molecule has 0 aromatic heterocycles. The minimum absolute atomic E-state index is 0.00240. The second-order valence-corrected chi connectivity index (χ2v) is 5.65. The molecule has 1 N–H and O–H groups in total. The summed E-state index contributed by atoms with van der Waals surface area (Å²) in [5, 5.41) is 9.31. The first-order valence-electron chi connectivity index (χ1n) is 7.51. The average molecular weight is 291 g/mol. The van der Waals surface area contributed by atoms with Gasteiger partial charge in [0.2, 0.25) is 0 Å². The molecule has 0 bridgehead atoms. The molecule has 0 aliphatic carbocycles. The van der Waals surface area contributed by atoms with Gasteiger partial charge in [-0.25, -0.2) is 0 Å². The molecule has 1 aromatic carbocycles. The number of amides is 1. The Balaban J connectivity index is 1.77. The Morgan fingerprint density at radius 2 is 2.29 bits per heavy atom. The predicted octanol–water partition coefficient (Wildman–Crippen LogP) is 1.09. The van der Waals surface area contributed by atoms with Gasteiger partial charge >= 0.3 is 0 Å². The van der Waals surface area contributed by atoms with Gasteiger partial charge in [-0.1, -0.05) is 0 Å². The van der Waals surface area contributed by atoms with Gasteiger partial charge in [0.25, 0.3) is 5.91 Å². The Morgan fingerprint density at radius 1 is 1.38 bits per heavy atom. The first-order valence-corrected chi connectivity index (χ1v) is 7.51. The van der Waals surface area contributed by atoms with Crippen LogP contribution in [-0.2, 0) is 11.2 Å². The highest BCUT2D eigenvalue weighted by atomic mass is 16.5. The van der Waals surface area contributed by atoms with Crippen molar-refractivity contribution in [1.82, 2.24) is 4.90 Å². The molecular formula is C16H21NO4. The molecule has 0 unspecified atom stereocenters. The lowest BCUT2D eigenvalue weighted by atomic mass is 10.0. The number of aryl methyl sites for hydroxylation is 1. The van der Waals surface area contributed by atoms with Crippen LogP contribution in [0.5, 0.6) is 5.75 Å². The number of aliphatic hydroxyl groups is 1. The number of ether oxygens (including phenoxy) is 2. The lowest BCUT2D eigenvalue weighted by molar-refractivity contribution is 0.0728. The van der Waals surface area contributed by atoms with Crippen molar-refractivity contribution < 1.29 is 19.4 Å². The van der Waals surface area contributed by atoms with E-state index in [0.29, 0.717) is 31.9 Å². The number of hydrogen-bond acceptors (Lipinski definition) is 4. The fourth-order valence-corrected chi connectivity index (χ4v) is 2.85. The molecule has 3 rings (SSSR count). The third-order valence-corrected chi connectivity index (χ3v) is 4.04. The van der Waals surface area contributed by atoms with Crippen molar-refractivity contribution in [3.05, 3.63) is 29.3 Å². The number of carbonyl (C=O) groups is 1. The summed E-state index contributed by atoms with van der Waals surface area (Å²) in [6.45, 7) is 2.95. The van der Waals surface area contributed by atoms with Gasteiger partial charge in [-0.2, -0.15) is 0 Å². The van der Waals surface area contributed by atoms with E-state index in [-0.39, 0.29) is 18.4 Å². The normalized spacial score (nSPS) is 22.1. The smallest absolute Gasteiger partial charge is 0.253 e. The van der Waals surface area contributed by atoms with Crippen LogP contribution in [0.2, 0.25) is 0 Å². The molecule has 1 amide bonds. The van der Waals surface area contributed by atoms with Gasteiger partial charge < -0.3 is 19.5 Å². The summed E-state index contributed by atoms with van der Waals surface area (Å²) >= 11 is 0. The molecule has 1 fully saturated rings. The van der Waals surface area contributed by atoms with Gasteiger partial charge in [0.1, 0.15) is 5.75 Å². The number of nitrogens with zero attached hydrogens (tertiary/aromatic N) is 1. The molecule has 2 heterocycles. The number of benzene rings is 1. The molecule has 2 aliphatic rings. The highest BCUT2D eigenvalue weighted by molar-refractivity contribution is 5.94. The highest BCUT2D eigenvalue weighted by Gasteiger charge is 2.24. The van der Waals surface area contributed by atoms with Gasteiger partial charge in [0, 0.05) is 31.2 Å². The van der Waals surface area contributed by atoms with Crippen molar-refractivity contribution in [3.8, 4) is 5.75 Å². The van der Waals surface area contributed by atoms with Gasteiger partial charge in [0.05, 0.1) is 19.8 Å². The van der Waals surface area contributed by atoms with Crippen LogP contribution in [0.15, 0.2) is 18.2 Å². The van der Waals surface area contributed by atoms with Crippen LogP contribution in [0, 0.1) is 5.92 Å². The van der Waals surface area contributed by atoms with E-state index in [4.69, 9.17) is 9.47 Å². The van der Waals surface area contributed by atoms with E-state index in [1.54, 1.807) is 4.90 Å². The van der Waals surface area contributed by atoms with Crippen LogP contribution in [0.3, 0.4) is 0 Å². The average Bonchev–Trinajstić information content (AvgIpc) is 2.79. The van der Waals surface area contributed by atoms with Crippen molar-refractivity contribution in [1.29, 1.82) is 0 Å². The summed E-state index contributed by atoms with van der Waals surface area (Å²) in [5.74, 6) is 0.898. The molecule has 5 heteroatoms. The van der Waals surface area contributed by atoms with Crippen molar-refractivity contribution in [2.24, 2.45) is 5.92 Å². The van der Waals surface area contributed by atoms with Crippen LogP contribution < -0.4 is 4.74 Å². The summed E-state index contributed by atoms with van der Waals surface area (Å²) in [7, 11) is 0. The van der Waals surface area contributed by atoms with Gasteiger partial charge in [-0.05, 0) is 36.6 Å². The second kappa shape index (κ2) is 6.45. The van der Waals surface area contributed by atoms with Crippen LogP contribution in [0.4, 0.5) is 0 Å². The maximum atomic E-state index is 12.6. The fraction of sp³-hybridized carbons (Fsp3) is 0.562. The zero-order valence-corrected chi connectivity index (χ0v) is 12.1. The summed E-state index contributed by atoms with van der Waals surface area (Å²) in [5.41, 5.74) is 1.80. The minimum atomic E-state index is -0.00240. The summed E-state index contributed by atoms with van der Waals surface area (Å²) < 4.78 is 11.0. The van der Waals surface area contributed by atoms with Gasteiger partial charge in [0.15, 0.2) is 0 Å². The Morgan fingerprint density at radius 3 is 3.14 bits per heavy atom. The standard InChI is InChI=1S/C16H21NO4/c18-10-12-9-17(5-7-20-11-12)16(19)14-3-4-15-13(8-14)2-1-6-21-15/h3-4,8,12,18H,1-2,5-7,9-11H2/t12-/m1/s1. The summed E-state index contributed by atoms with van der Waals surface area (Å²) in [6.07, 6.45) is 1.95. The van der Waals surface area contributed by atoms with E-state index in [0.717, 1.165) is 30.8 Å². The molecule has 1 aromatic rings. The van der Waals surface area contributed by atoms with Crippen LogP contribution >= 0.6 is 0 Å². The fourth-order valence-electron chi connectivity index (χ4n) is 2.85. The molecule has 0 saturated carbocycles. The number of rotatable bonds is 2. The van der Waals surface area contributed by atoms with Crippen LogP contribution in [0.25, 0.3) is 0 Å². The van der Waals surface area contributed by atoms with E-state index in [9.17, 15) is 9.90 Å². The third-order valence-electron chi connectivity index (χ3n) is 4.04. The van der Waals surface area contributed by atoms with Gasteiger partial charge in [-0.3, -0.25) is 4.79 Å². The third kappa shape index (κ3) is 3.19. The molecule has 1 atom stereocenters. The van der Waals surface area contributed by atoms with Crippen molar-refractivity contribution in [2.75, 3.05) is 39.5 Å². The van der Waals surface area contributed by atoms with Crippen molar-refractivity contribution >= 4 is 5.91 Å². The van der Waals surface area contributed by atoms with Crippen molar-refractivity contribution in [2.45, 2.75) is 12.8 Å². The number of hydrogen-bond donors (Lipinski definition) is 1. The SMILES string of the molecule is O=C(c1ccc2c(c1)CCCO2)N1CCOC[C@@H](CO)C1. The Labute approximate surface area is 124 Å². The van der Waals surface area contributed by atoms with Crippen LogP contribution in [-0.4, -0.2) is 55.4 Å². The quantitative estimate of drug-likeness (QED) is 0.886. The first-order chi connectivity index (χ1) is 10.3. The Hall–Kier alpha value is -1.59.